The lowest BCUT2D eigenvalue weighted by atomic mass is 10.1. The van der Waals surface area contributed by atoms with Crippen LogP contribution in [0.1, 0.15) is 23.9 Å². The Morgan fingerprint density at radius 1 is 1.47 bits per heavy atom. The Labute approximate surface area is 115 Å². The Hall–Kier alpha value is -1.40. The van der Waals surface area contributed by atoms with E-state index < -0.39 is 0 Å². The van der Waals surface area contributed by atoms with E-state index in [0.717, 1.165) is 17.7 Å². The number of thioether (sulfide) groups is 1. The molecule has 1 atom stereocenters. The van der Waals surface area contributed by atoms with Gasteiger partial charge in [0.2, 0.25) is 11.7 Å². The van der Waals surface area contributed by atoms with Crippen molar-refractivity contribution in [2.75, 3.05) is 12.0 Å². The first-order valence-corrected chi connectivity index (χ1v) is 7.36. The van der Waals surface area contributed by atoms with Crippen LogP contribution in [0.25, 0.3) is 11.4 Å². The fourth-order valence-corrected chi connectivity index (χ4v) is 2.14. The average Bonchev–Trinajstić information content (AvgIpc) is 2.89. The van der Waals surface area contributed by atoms with E-state index in [1.807, 2.05) is 6.26 Å². The van der Waals surface area contributed by atoms with Crippen LogP contribution in [0, 0.1) is 12.7 Å². The molecule has 0 radical (unpaired) electrons. The lowest BCUT2D eigenvalue weighted by molar-refractivity contribution is 0.353. The van der Waals surface area contributed by atoms with Crippen molar-refractivity contribution in [2.24, 2.45) is 5.73 Å². The molecule has 0 bridgehead atoms. The third kappa shape index (κ3) is 3.33. The second-order valence-electron chi connectivity index (χ2n) is 4.31. The molecule has 4 nitrogen and oxygen atoms in total. The SMILES string of the molecule is CSCC[C@@H](N)c1nc(-c2ccc(F)c(C)c2)no1. The Morgan fingerprint density at radius 2 is 2.26 bits per heavy atom. The summed E-state index contributed by atoms with van der Waals surface area (Å²) in [6, 6.07) is 4.46. The Bertz CT molecular complexity index is 559. The first-order valence-electron chi connectivity index (χ1n) is 5.96. The molecule has 0 aliphatic heterocycles. The fraction of sp³-hybridized carbons (Fsp3) is 0.385. The topological polar surface area (TPSA) is 64.9 Å². The summed E-state index contributed by atoms with van der Waals surface area (Å²) in [6.45, 7) is 1.70. The number of rotatable bonds is 5. The molecule has 0 saturated carbocycles. The maximum Gasteiger partial charge on any atom is 0.243 e. The van der Waals surface area contributed by atoms with Crippen molar-refractivity contribution in [1.29, 1.82) is 0 Å². The van der Waals surface area contributed by atoms with Crippen LogP contribution < -0.4 is 5.73 Å². The standard InChI is InChI=1S/C13H16FN3OS/c1-8-7-9(3-4-10(8)14)12-16-13(18-17-12)11(15)5-6-19-2/h3-4,7,11H,5-6,15H2,1-2H3/t11-/m1/s1. The summed E-state index contributed by atoms with van der Waals surface area (Å²) < 4.78 is 18.4. The van der Waals surface area contributed by atoms with Gasteiger partial charge in [-0.3, -0.25) is 0 Å². The summed E-state index contributed by atoms with van der Waals surface area (Å²) >= 11 is 1.72. The highest BCUT2D eigenvalue weighted by Crippen LogP contribution is 2.21. The van der Waals surface area contributed by atoms with Crippen molar-refractivity contribution in [1.82, 2.24) is 10.1 Å². The summed E-state index contributed by atoms with van der Waals surface area (Å²) in [6.07, 6.45) is 2.80. The first-order chi connectivity index (χ1) is 9.11. The van der Waals surface area contributed by atoms with Crippen LogP contribution >= 0.6 is 11.8 Å². The summed E-state index contributed by atoms with van der Waals surface area (Å²) in [5.41, 5.74) is 7.24. The summed E-state index contributed by atoms with van der Waals surface area (Å²) in [5, 5.41) is 3.89. The average molecular weight is 281 g/mol. The lowest BCUT2D eigenvalue weighted by Crippen LogP contribution is -2.11. The van der Waals surface area contributed by atoms with E-state index in [2.05, 4.69) is 10.1 Å². The number of halogens is 1. The van der Waals surface area contributed by atoms with Gasteiger partial charge in [0.1, 0.15) is 5.82 Å². The van der Waals surface area contributed by atoms with E-state index in [4.69, 9.17) is 10.3 Å². The number of nitrogens with zero attached hydrogens (tertiary/aromatic N) is 2. The van der Waals surface area contributed by atoms with Crippen molar-refractivity contribution in [2.45, 2.75) is 19.4 Å². The number of hydrogen-bond donors (Lipinski definition) is 1. The maximum atomic E-state index is 13.2. The molecule has 0 aliphatic carbocycles. The fourth-order valence-electron chi connectivity index (χ4n) is 1.66. The van der Waals surface area contributed by atoms with E-state index in [9.17, 15) is 4.39 Å². The maximum absolute atomic E-state index is 13.2. The molecule has 0 spiro atoms. The van der Waals surface area contributed by atoms with E-state index in [1.165, 1.54) is 6.07 Å². The number of aryl methyl sites for hydroxylation is 1. The van der Waals surface area contributed by atoms with Gasteiger partial charge in [-0.05, 0) is 49.1 Å². The van der Waals surface area contributed by atoms with E-state index in [-0.39, 0.29) is 11.9 Å². The van der Waals surface area contributed by atoms with Crippen molar-refractivity contribution in [3.05, 3.63) is 35.5 Å². The lowest BCUT2D eigenvalue weighted by Gasteiger charge is -2.03. The van der Waals surface area contributed by atoms with Crippen molar-refractivity contribution < 1.29 is 8.91 Å². The van der Waals surface area contributed by atoms with Gasteiger partial charge in [0.05, 0.1) is 6.04 Å². The second-order valence-corrected chi connectivity index (χ2v) is 5.29. The van der Waals surface area contributed by atoms with E-state index in [1.54, 1.807) is 30.8 Å². The normalized spacial score (nSPS) is 12.6. The monoisotopic (exact) mass is 281 g/mol. The van der Waals surface area contributed by atoms with Crippen LogP contribution in [0.15, 0.2) is 22.7 Å². The molecule has 2 rings (SSSR count). The van der Waals surface area contributed by atoms with Crippen LogP contribution in [0.4, 0.5) is 4.39 Å². The Kier molecular flexibility index (Phi) is 4.55. The zero-order valence-electron chi connectivity index (χ0n) is 10.9. The molecule has 0 amide bonds. The molecular weight excluding hydrogens is 265 g/mol. The predicted octanol–water partition coefficient (Wildman–Crippen LogP) is 2.94. The van der Waals surface area contributed by atoms with Crippen molar-refractivity contribution in [3.63, 3.8) is 0 Å². The minimum absolute atomic E-state index is 0.246. The largest absolute Gasteiger partial charge is 0.337 e. The number of benzene rings is 1. The summed E-state index contributed by atoms with van der Waals surface area (Å²) in [5.74, 6) is 1.56. The van der Waals surface area contributed by atoms with Crippen molar-refractivity contribution in [3.8, 4) is 11.4 Å². The van der Waals surface area contributed by atoms with Crippen LogP contribution in [-0.2, 0) is 0 Å². The van der Waals surface area contributed by atoms with Gasteiger partial charge in [-0.15, -0.1) is 0 Å². The molecule has 0 unspecified atom stereocenters. The third-order valence-electron chi connectivity index (χ3n) is 2.81. The third-order valence-corrected chi connectivity index (χ3v) is 3.45. The predicted molar refractivity (Wildman–Crippen MR) is 74.4 cm³/mol. The van der Waals surface area contributed by atoms with Crippen LogP contribution in [0.5, 0.6) is 0 Å². The summed E-state index contributed by atoms with van der Waals surface area (Å²) in [4.78, 5) is 4.27. The van der Waals surface area contributed by atoms with Crippen LogP contribution in [0.3, 0.4) is 0 Å². The number of aromatic nitrogens is 2. The van der Waals surface area contributed by atoms with Gasteiger partial charge in [0, 0.05) is 5.56 Å². The zero-order valence-corrected chi connectivity index (χ0v) is 11.7. The van der Waals surface area contributed by atoms with E-state index >= 15 is 0 Å². The quantitative estimate of drug-likeness (QED) is 0.912. The van der Waals surface area contributed by atoms with Gasteiger partial charge in [-0.2, -0.15) is 16.7 Å². The second kappa shape index (κ2) is 6.16. The van der Waals surface area contributed by atoms with E-state index in [0.29, 0.717) is 17.3 Å². The molecule has 0 aliphatic rings. The van der Waals surface area contributed by atoms with Gasteiger partial charge >= 0.3 is 0 Å². The molecule has 0 fully saturated rings. The van der Waals surface area contributed by atoms with Gasteiger partial charge in [0.25, 0.3) is 0 Å². The van der Waals surface area contributed by atoms with Crippen LogP contribution in [0.2, 0.25) is 0 Å². The molecule has 1 heterocycles. The Morgan fingerprint density at radius 3 is 2.95 bits per heavy atom. The van der Waals surface area contributed by atoms with Crippen molar-refractivity contribution >= 4 is 11.8 Å². The molecule has 102 valence electrons. The molecule has 2 N–H and O–H groups in total. The molecule has 1 aromatic carbocycles. The minimum atomic E-state index is -0.254. The molecule has 19 heavy (non-hydrogen) atoms. The summed E-state index contributed by atoms with van der Waals surface area (Å²) in [7, 11) is 0. The highest BCUT2D eigenvalue weighted by atomic mass is 32.2. The number of nitrogens with two attached hydrogens (primary N) is 1. The molecular formula is C13H16FN3OS. The van der Waals surface area contributed by atoms with Gasteiger partial charge < -0.3 is 10.3 Å². The molecule has 6 heteroatoms. The molecule has 2 aromatic rings. The first kappa shape index (κ1) is 14.0. The van der Waals surface area contributed by atoms with Gasteiger partial charge in [-0.1, -0.05) is 5.16 Å². The van der Waals surface area contributed by atoms with Gasteiger partial charge in [0.15, 0.2) is 0 Å². The smallest absolute Gasteiger partial charge is 0.243 e. The minimum Gasteiger partial charge on any atom is -0.337 e. The van der Waals surface area contributed by atoms with Gasteiger partial charge in [-0.25, -0.2) is 4.39 Å². The van der Waals surface area contributed by atoms with Crippen LogP contribution in [-0.4, -0.2) is 22.1 Å². The Balaban J connectivity index is 2.18. The number of hydrogen-bond acceptors (Lipinski definition) is 5. The molecule has 0 saturated heterocycles. The molecule has 1 aromatic heterocycles. The highest BCUT2D eigenvalue weighted by Gasteiger charge is 2.15. The highest BCUT2D eigenvalue weighted by molar-refractivity contribution is 7.98. The zero-order chi connectivity index (χ0) is 13.8.